The van der Waals surface area contributed by atoms with Gasteiger partial charge in [-0.2, -0.15) is 0 Å². The first-order chi connectivity index (χ1) is 13.1. The molecule has 2 saturated heterocycles. The Hall–Kier alpha value is -1.34. The second-order valence-corrected chi connectivity index (χ2v) is 7.35. The summed E-state index contributed by atoms with van der Waals surface area (Å²) in [6, 6.07) is -0.851. The summed E-state index contributed by atoms with van der Waals surface area (Å²) in [5, 5.41) is 52.7. The monoisotopic (exact) mass is 407 g/mol. The second-order valence-electron chi connectivity index (χ2n) is 7.35. The van der Waals surface area contributed by atoms with E-state index in [0.29, 0.717) is 0 Å². The first-order valence-corrected chi connectivity index (χ1v) is 9.11. The molecule has 0 bridgehead atoms. The first kappa shape index (κ1) is 22.9. The van der Waals surface area contributed by atoms with Gasteiger partial charge in [0.25, 0.3) is 0 Å². The SMILES string of the molecule is COC1OC(CO)C(O)C(CC2OC(C(=O)O)C(C)C(O)C2O)C1NC(C)=O. The molecule has 162 valence electrons. The van der Waals surface area contributed by atoms with Crippen molar-refractivity contribution < 1.29 is 49.3 Å². The fourth-order valence-electron chi connectivity index (χ4n) is 3.93. The highest BCUT2D eigenvalue weighted by atomic mass is 16.7. The Labute approximate surface area is 162 Å². The summed E-state index contributed by atoms with van der Waals surface area (Å²) in [6.07, 6.45) is -8.58. The number of carboxylic acids is 1. The number of carboxylic acid groups (broad SMARTS) is 1. The maximum absolute atomic E-state index is 11.6. The standard InChI is InChI=1S/C17H29NO10/c1-6-12(21)14(23)9(27-15(6)16(24)25)4-8-11(18-7(2)20)17(26-3)28-10(5-19)13(8)22/h6,8-15,17,19,21-23H,4-5H2,1-3H3,(H,18,20)(H,24,25). The molecule has 2 fully saturated rings. The number of amides is 1. The van der Waals surface area contributed by atoms with Gasteiger partial charge in [0, 0.05) is 25.9 Å². The molecule has 2 heterocycles. The maximum atomic E-state index is 11.6. The van der Waals surface area contributed by atoms with E-state index in [1.807, 2.05) is 0 Å². The Balaban J connectivity index is 2.29. The number of carbonyl (C=O) groups excluding carboxylic acids is 1. The third kappa shape index (κ3) is 4.62. The smallest absolute Gasteiger partial charge is 0.333 e. The lowest BCUT2D eigenvalue weighted by Crippen LogP contribution is -2.63. The number of methoxy groups -OCH3 is 1. The molecular formula is C17H29NO10. The van der Waals surface area contributed by atoms with Crippen molar-refractivity contribution in [1.82, 2.24) is 5.32 Å². The highest BCUT2D eigenvalue weighted by Crippen LogP contribution is 2.35. The van der Waals surface area contributed by atoms with Gasteiger partial charge in [0.15, 0.2) is 12.4 Å². The van der Waals surface area contributed by atoms with Crippen LogP contribution in [0.25, 0.3) is 0 Å². The van der Waals surface area contributed by atoms with Crippen LogP contribution in [0.2, 0.25) is 0 Å². The molecule has 10 atom stereocenters. The van der Waals surface area contributed by atoms with Gasteiger partial charge in [-0.05, 0) is 6.42 Å². The molecule has 0 radical (unpaired) electrons. The third-order valence-electron chi connectivity index (χ3n) is 5.48. The van der Waals surface area contributed by atoms with Gasteiger partial charge >= 0.3 is 5.97 Å². The van der Waals surface area contributed by atoms with Crippen LogP contribution in [-0.4, -0.2) is 100 Å². The quantitative estimate of drug-likeness (QED) is 0.274. The second kappa shape index (κ2) is 9.44. The van der Waals surface area contributed by atoms with Crippen LogP contribution in [0.1, 0.15) is 20.3 Å². The van der Waals surface area contributed by atoms with E-state index in [4.69, 9.17) is 14.2 Å². The lowest BCUT2D eigenvalue weighted by Gasteiger charge is -2.47. The maximum Gasteiger partial charge on any atom is 0.333 e. The van der Waals surface area contributed by atoms with E-state index in [-0.39, 0.29) is 6.42 Å². The van der Waals surface area contributed by atoms with Crippen molar-refractivity contribution in [2.75, 3.05) is 13.7 Å². The molecule has 0 aliphatic carbocycles. The van der Waals surface area contributed by atoms with Gasteiger partial charge in [-0.25, -0.2) is 4.79 Å². The molecule has 0 aromatic heterocycles. The number of hydrogen-bond acceptors (Lipinski definition) is 9. The summed E-state index contributed by atoms with van der Waals surface area (Å²) >= 11 is 0. The predicted octanol–water partition coefficient (Wildman–Crippen LogP) is -2.57. The van der Waals surface area contributed by atoms with Gasteiger partial charge in [-0.1, -0.05) is 6.92 Å². The topological polar surface area (TPSA) is 175 Å². The highest BCUT2D eigenvalue weighted by molar-refractivity contribution is 5.73. The zero-order valence-corrected chi connectivity index (χ0v) is 16.0. The average molecular weight is 407 g/mol. The van der Waals surface area contributed by atoms with Gasteiger partial charge < -0.3 is 45.1 Å². The molecule has 2 rings (SSSR count). The Morgan fingerprint density at radius 1 is 1.07 bits per heavy atom. The van der Waals surface area contributed by atoms with E-state index in [0.717, 1.165) is 0 Å². The summed E-state index contributed by atoms with van der Waals surface area (Å²) in [7, 11) is 1.33. The zero-order chi connectivity index (χ0) is 21.2. The molecule has 0 aromatic rings. The van der Waals surface area contributed by atoms with E-state index in [9.17, 15) is 35.1 Å². The summed E-state index contributed by atoms with van der Waals surface area (Å²) in [4.78, 5) is 23.0. The molecule has 1 amide bonds. The van der Waals surface area contributed by atoms with Gasteiger partial charge in [0.2, 0.25) is 5.91 Å². The van der Waals surface area contributed by atoms with E-state index in [1.165, 1.54) is 21.0 Å². The fourth-order valence-corrected chi connectivity index (χ4v) is 3.93. The summed E-state index contributed by atoms with van der Waals surface area (Å²) in [6.45, 7) is 2.21. The van der Waals surface area contributed by atoms with Gasteiger partial charge in [0.1, 0.15) is 12.2 Å². The molecule has 10 unspecified atom stereocenters. The Morgan fingerprint density at radius 2 is 1.71 bits per heavy atom. The van der Waals surface area contributed by atoms with Gasteiger partial charge in [-0.15, -0.1) is 0 Å². The summed E-state index contributed by atoms with van der Waals surface area (Å²) in [5.41, 5.74) is 0. The van der Waals surface area contributed by atoms with Crippen LogP contribution < -0.4 is 5.32 Å². The normalized spacial score (nSPS) is 44.1. The van der Waals surface area contributed by atoms with Crippen molar-refractivity contribution in [2.24, 2.45) is 11.8 Å². The van der Waals surface area contributed by atoms with Crippen molar-refractivity contribution in [2.45, 2.75) is 69.2 Å². The molecule has 0 aromatic carbocycles. The largest absolute Gasteiger partial charge is 0.479 e. The minimum atomic E-state index is -1.40. The molecule has 0 spiro atoms. The van der Waals surface area contributed by atoms with Crippen molar-refractivity contribution in [3.05, 3.63) is 0 Å². The molecule has 11 heteroatoms. The first-order valence-electron chi connectivity index (χ1n) is 9.11. The zero-order valence-electron chi connectivity index (χ0n) is 16.0. The van der Waals surface area contributed by atoms with E-state index in [1.54, 1.807) is 0 Å². The third-order valence-corrected chi connectivity index (χ3v) is 5.48. The van der Waals surface area contributed by atoms with E-state index in [2.05, 4.69) is 5.32 Å². The number of carbonyl (C=O) groups is 2. The summed E-state index contributed by atoms with van der Waals surface area (Å²) < 4.78 is 16.2. The number of aliphatic hydroxyl groups is 4. The lowest BCUT2D eigenvalue weighted by atomic mass is 9.79. The fraction of sp³-hybridized carbons (Fsp3) is 0.882. The van der Waals surface area contributed by atoms with Crippen LogP contribution in [0, 0.1) is 11.8 Å². The van der Waals surface area contributed by atoms with Crippen molar-refractivity contribution in [3.8, 4) is 0 Å². The number of aliphatic hydroxyl groups excluding tert-OH is 4. The minimum Gasteiger partial charge on any atom is -0.479 e. The number of aliphatic carboxylic acids is 1. The van der Waals surface area contributed by atoms with Crippen LogP contribution in [-0.2, 0) is 23.8 Å². The van der Waals surface area contributed by atoms with Gasteiger partial charge in [-0.3, -0.25) is 4.79 Å². The van der Waals surface area contributed by atoms with Crippen LogP contribution in [0.4, 0.5) is 0 Å². The van der Waals surface area contributed by atoms with Crippen LogP contribution in [0.5, 0.6) is 0 Å². The van der Waals surface area contributed by atoms with Crippen molar-refractivity contribution >= 4 is 11.9 Å². The molecule has 6 N–H and O–H groups in total. The van der Waals surface area contributed by atoms with E-state index < -0.39 is 79.3 Å². The van der Waals surface area contributed by atoms with Crippen LogP contribution in [0.15, 0.2) is 0 Å². The van der Waals surface area contributed by atoms with Crippen molar-refractivity contribution in [1.29, 1.82) is 0 Å². The molecule has 2 aliphatic rings. The number of rotatable bonds is 6. The van der Waals surface area contributed by atoms with Crippen LogP contribution in [0.3, 0.4) is 0 Å². The van der Waals surface area contributed by atoms with E-state index >= 15 is 0 Å². The number of ether oxygens (including phenoxy) is 3. The summed E-state index contributed by atoms with van der Waals surface area (Å²) in [5.74, 6) is -3.35. The molecule has 2 aliphatic heterocycles. The minimum absolute atomic E-state index is 0.111. The molecule has 28 heavy (non-hydrogen) atoms. The Kier molecular flexibility index (Phi) is 7.73. The highest BCUT2D eigenvalue weighted by Gasteiger charge is 2.51. The molecule has 11 nitrogen and oxygen atoms in total. The molecule has 0 saturated carbocycles. The Morgan fingerprint density at radius 3 is 2.21 bits per heavy atom. The van der Waals surface area contributed by atoms with Gasteiger partial charge in [0.05, 0.1) is 31.0 Å². The number of nitrogens with one attached hydrogen (secondary N) is 1. The van der Waals surface area contributed by atoms with Crippen LogP contribution >= 0.6 is 0 Å². The average Bonchev–Trinajstić information content (AvgIpc) is 2.64. The molecular weight excluding hydrogens is 378 g/mol. The van der Waals surface area contributed by atoms with Crippen molar-refractivity contribution in [3.63, 3.8) is 0 Å². The lowest BCUT2D eigenvalue weighted by molar-refractivity contribution is -0.261. The number of hydrogen-bond donors (Lipinski definition) is 6. The Bertz CT molecular complexity index is 560. The predicted molar refractivity (Wildman–Crippen MR) is 91.9 cm³/mol.